The van der Waals surface area contributed by atoms with Gasteiger partial charge in [-0.25, -0.2) is 4.79 Å². The van der Waals surface area contributed by atoms with Crippen LogP contribution in [0.1, 0.15) is 15.9 Å². The molecule has 0 aliphatic rings. The van der Waals surface area contributed by atoms with Gasteiger partial charge in [0.25, 0.3) is 0 Å². The Balaban J connectivity index is 2.94. The first kappa shape index (κ1) is 11.0. The summed E-state index contributed by atoms with van der Waals surface area (Å²) in [5.74, 6) is -0.414. The maximum absolute atomic E-state index is 11.1. The second-order valence-corrected chi connectivity index (χ2v) is 3.18. The summed E-state index contributed by atoms with van der Waals surface area (Å²) < 4.78 is 4.54. The van der Waals surface area contributed by atoms with Crippen molar-refractivity contribution in [2.45, 2.75) is 6.42 Å². The maximum Gasteiger partial charge on any atom is 0.337 e. The van der Waals surface area contributed by atoms with Crippen molar-refractivity contribution in [3.8, 4) is 0 Å². The molecule has 0 saturated heterocycles. The van der Waals surface area contributed by atoms with Crippen molar-refractivity contribution in [2.75, 3.05) is 13.7 Å². The van der Waals surface area contributed by atoms with Gasteiger partial charge in [0, 0.05) is 11.6 Å². The summed E-state index contributed by atoms with van der Waals surface area (Å²) in [6.45, 7) is 0.0390. The molecule has 14 heavy (non-hydrogen) atoms. The van der Waals surface area contributed by atoms with Crippen molar-refractivity contribution in [1.29, 1.82) is 0 Å². The second-order valence-electron chi connectivity index (χ2n) is 2.77. The van der Waals surface area contributed by atoms with Gasteiger partial charge in [0.15, 0.2) is 0 Å². The van der Waals surface area contributed by atoms with Gasteiger partial charge in [0.2, 0.25) is 0 Å². The minimum atomic E-state index is -0.414. The largest absolute Gasteiger partial charge is 0.465 e. The zero-order valence-electron chi connectivity index (χ0n) is 7.79. The molecule has 0 atom stereocenters. The highest BCUT2D eigenvalue weighted by molar-refractivity contribution is 6.31. The number of carbonyl (C=O) groups excluding carboxylic acids is 1. The summed E-state index contributed by atoms with van der Waals surface area (Å²) >= 11 is 5.89. The smallest absolute Gasteiger partial charge is 0.337 e. The zero-order valence-corrected chi connectivity index (χ0v) is 8.54. The van der Waals surface area contributed by atoms with Crippen LogP contribution in [-0.2, 0) is 11.2 Å². The highest BCUT2D eigenvalue weighted by Crippen LogP contribution is 2.18. The molecule has 0 saturated carbocycles. The summed E-state index contributed by atoms with van der Waals surface area (Å²) in [6.07, 6.45) is 0.486. The van der Waals surface area contributed by atoms with Crippen LogP contribution in [0.4, 0.5) is 0 Å². The Hall–Kier alpha value is -1.06. The molecule has 1 aromatic carbocycles. The highest BCUT2D eigenvalue weighted by atomic mass is 35.5. The van der Waals surface area contributed by atoms with Gasteiger partial charge in [-0.2, -0.15) is 0 Å². The number of aliphatic hydroxyl groups excluding tert-OH is 1. The van der Waals surface area contributed by atoms with Crippen molar-refractivity contribution in [3.63, 3.8) is 0 Å². The van der Waals surface area contributed by atoms with Crippen molar-refractivity contribution < 1.29 is 14.6 Å². The fraction of sp³-hybridized carbons (Fsp3) is 0.300. The third-order valence-corrected chi connectivity index (χ3v) is 2.21. The molecule has 0 fully saturated rings. The molecule has 1 aromatic rings. The number of rotatable bonds is 3. The number of benzene rings is 1. The van der Waals surface area contributed by atoms with E-state index in [0.717, 1.165) is 5.56 Å². The Kier molecular flexibility index (Phi) is 3.92. The summed E-state index contributed by atoms with van der Waals surface area (Å²) in [4.78, 5) is 11.1. The number of esters is 1. The van der Waals surface area contributed by atoms with Crippen LogP contribution in [0.5, 0.6) is 0 Å². The minimum absolute atomic E-state index is 0.0390. The molecule has 0 aliphatic heterocycles. The molecule has 0 radical (unpaired) electrons. The van der Waals surface area contributed by atoms with E-state index < -0.39 is 5.97 Å². The number of methoxy groups -OCH3 is 1. The lowest BCUT2D eigenvalue weighted by Crippen LogP contribution is -2.02. The molecule has 0 spiro atoms. The van der Waals surface area contributed by atoms with Crippen LogP contribution in [0.15, 0.2) is 18.2 Å². The molecular formula is C10H11ClO3. The van der Waals surface area contributed by atoms with Crippen LogP contribution in [0.25, 0.3) is 0 Å². The highest BCUT2D eigenvalue weighted by Gasteiger charge is 2.07. The SMILES string of the molecule is COC(=O)c1ccc(CCO)c(Cl)c1. The number of aliphatic hydroxyl groups is 1. The predicted molar refractivity (Wildman–Crippen MR) is 53.6 cm³/mol. The van der Waals surface area contributed by atoms with Gasteiger partial charge in [-0.15, -0.1) is 0 Å². The van der Waals surface area contributed by atoms with Crippen LogP contribution < -0.4 is 0 Å². The number of carbonyl (C=O) groups is 1. The van der Waals surface area contributed by atoms with Crippen LogP contribution in [-0.4, -0.2) is 24.8 Å². The lowest BCUT2D eigenvalue weighted by Gasteiger charge is -2.04. The first-order valence-corrected chi connectivity index (χ1v) is 4.54. The lowest BCUT2D eigenvalue weighted by molar-refractivity contribution is 0.0600. The van der Waals surface area contributed by atoms with E-state index in [0.29, 0.717) is 17.0 Å². The van der Waals surface area contributed by atoms with Crippen molar-refractivity contribution in [2.24, 2.45) is 0 Å². The van der Waals surface area contributed by atoms with E-state index in [-0.39, 0.29) is 6.61 Å². The molecule has 0 heterocycles. The van der Waals surface area contributed by atoms with E-state index in [2.05, 4.69) is 4.74 Å². The van der Waals surface area contributed by atoms with E-state index in [1.54, 1.807) is 18.2 Å². The predicted octanol–water partition coefficient (Wildman–Crippen LogP) is 1.66. The Morgan fingerprint density at radius 1 is 1.57 bits per heavy atom. The Morgan fingerprint density at radius 2 is 2.29 bits per heavy atom. The fourth-order valence-electron chi connectivity index (χ4n) is 1.12. The van der Waals surface area contributed by atoms with E-state index in [9.17, 15) is 4.79 Å². The molecule has 0 bridgehead atoms. The maximum atomic E-state index is 11.1. The molecule has 76 valence electrons. The molecule has 1 rings (SSSR count). The molecule has 1 N–H and O–H groups in total. The average Bonchev–Trinajstić information content (AvgIpc) is 2.20. The van der Waals surface area contributed by atoms with Crippen LogP contribution in [0.2, 0.25) is 5.02 Å². The van der Waals surface area contributed by atoms with E-state index >= 15 is 0 Å². The van der Waals surface area contributed by atoms with Crippen LogP contribution in [0, 0.1) is 0 Å². The monoisotopic (exact) mass is 214 g/mol. The second kappa shape index (κ2) is 4.98. The number of halogens is 1. The first-order valence-electron chi connectivity index (χ1n) is 4.16. The van der Waals surface area contributed by atoms with Gasteiger partial charge >= 0.3 is 5.97 Å². The Bertz CT molecular complexity index is 336. The van der Waals surface area contributed by atoms with Crippen molar-refractivity contribution >= 4 is 17.6 Å². The third kappa shape index (κ3) is 2.47. The summed E-state index contributed by atoms with van der Waals surface area (Å²) in [6, 6.07) is 4.88. The minimum Gasteiger partial charge on any atom is -0.465 e. The van der Waals surface area contributed by atoms with E-state index in [4.69, 9.17) is 16.7 Å². The Labute approximate surface area is 87.3 Å². The van der Waals surface area contributed by atoms with E-state index in [1.165, 1.54) is 7.11 Å². The molecule has 3 nitrogen and oxygen atoms in total. The lowest BCUT2D eigenvalue weighted by atomic mass is 10.1. The average molecular weight is 215 g/mol. The third-order valence-electron chi connectivity index (χ3n) is 1.86. The normalized spacial score (nSPS) is 9.93. The molecule has 0 aliphatic carbocycles. The van der Waals surface area contributed by atoms with Crippen molar-refractivity contribution in [3.05, 3.63) is 34.3 Å². The molecule has 0 amide bonds. The van der Waals surface area contributed by atoms with Gasteiger partial charge < -0.3 is 9.84 Å². The molecule has 0 unspecified atom stereocenters. The standard InChI is InChI=1S/C10H11ClO3/c1-14-10(13)8-3-2-7(4-5-12)9(11)6-8/h2-3,6,12H,4-5H2,1H3. The number of hydrogen-bond acceptors (Lipinski definition) is 3. The topological polar surface area (TPSA) is 46.5 Å². The van der Waals surface area contributed by atoms with Gasteiger partial charge in [-0.05, 0) is 24.1 Å². The quantitative estimate of drug-likeness (QED) is 0.779. The Morgan fingerprint density at radius 3 is 2.79 bits per heavy atom. The zero-order chi connectivity index (χ0) is 10.6. The van der Waals surface area contributed by atoms with E-state index in [1.807, 2.05) is 0 Å². The summed E-state index contributed by atoms with van der Waals surface area (Å²) in [5, 5.41) is 9.19. The number of hydrogen-bond donors (Lipinski definition) is 1. The molecular weight excluding hydrogens is 204 g/mol. The van der Waals surface area contributed by atoms with Crippen molar-refractivity contribution in [1.82, 2.24) is 0 Å². The number of ether oxygens (including phenoxy) is 1. The first-order chi connectivity index (χ1) is 6.69. The molecule has 4 heteroatoms. The summed E-state index contributed by atoms with van der Waals surface area (Å²) in [7, 11) is 1.32. The van der Waals surface area contributed by atoms with Gasteiger partial charge in [0.05, 0.1) is 12.7 Å². The van der Waals surface area contributed by atoms with Gasteiger partial charge in [-0.1, -0.05) is 17.7 Å². The molecule has 0 aromatic heterocycles. The van der Waals surface area contributed by atoms with Gasteiger partial charge in [0.1, 0.15) is 0 Å². The van der Waals surface area contributed by atoms with Crippen LogP contribution in [0.3, 0.4) is 0 Å². The van der Waals surface area contributed by atoms with Crippen LogP contribution >= 0.6 is 11.6 Å². The van der Waals surface area contributed by atoms with Gasteiger partial charge in [-0.3, -0.25) is 0 Å². The summed E-state index contributed by atoms with van der Waals surface area (Å²) in [5.41, 5.74) is 1.24. The fourth-order valence-corrected chi connectivity index (χ4v) is 1.39.